The molecular weight excluding hydrogens is 348 g/mol. The molecule has 0 spiro atoms. The highest BCUT2D eigenvalue weighted by atomic mass is 16.6. The molecule has 0 atom stereocenters. The van der Waals surface area contributed by atoms with Crippen molar-refractivity contribution in [1.82, 2.24) is 0 Å². The molecule has 2 rings (SSSR count). The second-order valence-corrected chi connectivity index (χ2v) is 6.52. The molecule has 0 saturated heterocycles. The molecule has 8 heteroatoms. The number of benzene rings is 2. The van der Waals surface area contributed by atoms with Crippen LogP contribution < -0.4 is 5.73 Å². The van der Waals surface area contributed by atoms with Crippen LogP contribution in [0.3, 0.4) is 0 Å². The van der Waals surface area contributed by atoms with Crippen molar-refractivity contribution in [3.05, 3.63) is 73.3 Å². The molecule has 0 saturated carbocycles. The van der Waals surface area contributed by atoms with Crippen LogP contribution in [0.2, 0.25) is 0 Å². The summed E-state index contributed by atoms with van der Waals surface area (Å²) in [4.78, 5) is 20.1. The Morgan fingerprint density at radius 3 is 1.74 bits per heavy atom. The predicted molar refractivity (Wildman–Crippen MR) is 103 cm³/mol. The maximum atomic E-state index is 10.5. The molecule has 0 radical (unpaired) electrons. The summed E-state index contributed by atoms with van der Waals surface area (Å²) in [6.45, 7) is 7.71. The average Bonchev–Trinajstić information content (AvgIpc) is 2.61. The maximum absolute atomic E-state index is 10.5. The minimum Gasteiger partial charge on any atom is -0.398 e. The Labute approximate surface area is 157 Å². The first-order valence-corrected chi connectivity index (χ1v) is 8.30. The number of anilines is 1. The SMILES string of the molecule is CC(C)c1cc([N+](=O)[O-])ccc1C#N.CC(C)c1cc([N+](=O)[O-])ccc1N. The molecule has 0 aliphatic carbocycles. The molecule has 2 aromatic carbocycles. The van der Waals surface area contributed by atoms with E-state index in [0.717, 1.165) is 11.1 Å². The highest BCUT2D eigenvalue weighted by molar-refractivity contribution is 5.54. The largest absolute Gasteiger partial charge is 0.398 e. The first kappa shape index (κ1) is 21.6. The van der Waals surface area contributed by atoms with Gasteiger partial charge < -0.3 is 5.73 Å². The van der Waals surface area contributed by atoms with E-state index >= 15 is 0 Å². The van der Waals surface area contributed by atoms with Crippen molar-refractivity contribution in [2.24, 2.45) is 0 Å². The van der Waals surface area contributed by atoms with E-state index in [1.54, 1.807) is 6.07 Å². The molecule has 2 aromatic rings. The Bertz CT molecular complexity index is 886. The van der Waals surface area contributed by atoms with Gasteiger partial charge in [-0.15, -0.1) is 0 Å². The Morgan fingerprint density at radius 2 is 1.33 bits per heavy atom. The van der Waals surface area contributed by atoms with Crippen LogP contribution in [0, 0.1) is 31.6 Å². The Kier molecular flexibility index (Phi) is 7.42. The summed E-state index contributed by atoms with van der Waals surface area (Å²) < 4.78 is 0. The number of nitriles is 1. The second kappa shape index (κ2) is 9.29. The van der Waals surface area contributed by atoms with Crippen LogP contribution in [0.1, 0.15) is 56.2 Å². The molecule has 2 N–H and O–H groups in total. The van der Waals surface area contributed by atoms with Gasteiger partial charge in [0.25, 0.3) is 11.4 Å². The van der Waals surface area contributed by atoms with E-state index in [9.17, 15) is 20.2 Å². The molecule has 142 valence electrons. The molecule has 0 aromatic heterocycles. The van der Waals surface area contributed by atoms with E-state index in [2.05, 4.69) is 0 Å². The van der Waals surface area contributed by atoms with E-state index in [1.165, 1.54) is 30.3 Å². The van der Waals surface area contributed by atoms with Crippen molar-refractivity contribution in [2.75, 3.05) is 5.73 Å². The van der Waals surface area contributed by atoms with Crippen LogP contribution >= 0.6 is 0 Å². The summed E-state index contributed by atoms with van der Waals surface area (Å²) in [5.74, 6) is 0.324. The second-order valence-electron chi connectivity index (χ2n) is 6.52. The van der Waals surface area contributed by atoms with Gasteiger partial charge in [0.2, 0.25) is 0 Å². The zero-order valence-electron chi connectivity index (χ0n) is 15.7. The summed E-state index contributed by atoms with van der Waals surface area (Å²) in [6, 6.07) is 10.8. The maximum Gasteiger partial charge on any atom is 0.269 e. The lowest BCUT2D eigenvalue weighted by Crippen LogP contribution is -1.98. The van der Waals surface area contributed by atoms with E-state index in [1.807, 2.05) is 33.8 Å². The molecule has 0 unspecified atom stereocenters. The minimum absolute atomic E-state index is 0.0349. The first-order valence-electron chi connectivity index (χ1n) is 8.30. The smallest absolute Gasteiger partial charge is 0.269 e. The molecule has 0 amide bonds. The number of nitro benzene ring substituents is 2. The van der Waals surface area contributed by atoms with Gasteiger partial charge in [-0.1, -0.05) is 27.7 Å². The highest BCUT2D eigenvalue weighted by Gasteiger charge is 2.13. The summed E-state index contributed by atoms with van der Waals surface area (Å²) in [5.41, 5.74) is 8.47. The van der Waals surface area contributed by atoms with Gasteiger partial charge in [0, 0.05) is 30.0 Å². The molecule has 0 aliphatic rings. The van der Waals surface area contributed by atoms with Gasteiger partial charge in [-0.25, -0.2) is 0 Å². The van der Waals surface area contributed by atoms with Gasteiger partial charge in [-0.3, -0.25) is 20.2 Å². The number of non-ortho nitro benzene ring substituents is 2. The van der Waals surface area contributed by atoms with Gasteiger partial charge in [0.15, 0.2) is 0 Å². The predicted octanol–water partition coefficient (Wildman–Crippen LogP) is 4.89. The number of nitrogens with two attached hydrogens (primary N) is 1. The normalized spacial score (nSPS) is 10.1. The zero-order chi connectivity index (χ0) is 20.7. The van der Waals surface area contributed by atoms with E-state index in [-0.39, 0.29) is 23.2 Å². The number of hydrogen-bond acceptors (Lipinski definition) is 6. The third kappa shape index (κ3) is 5.78. The monoisotopic (exact) mass is 370 g/mol. The summed E-state index contributed by atoms with van der Waals surface area (Å²) in [7, 11) is 0. The summed E-state index contributed by atoms with van der Waals surface area (Å²) in [5, 5.41) is 29.7. The lowest BCUT2D eigenvalue weighted by atomic mass is 9.97. The third-order valence-electron chi connectivity index (χ3n) is 3.89. The number of nitro groups is 2. The molecule has 0 fully saturated rings. The van der Waals surface area contributed by atoms with Crippen molar-refractivity contribution in [3.8, 4) is 6.07 Å². The van der Waals surface area contributed by atoms with Gasteiger partial charge in [0.1, 0.15) is 0 Å². The van der Waals surface area contributed by atoms with Crippen LogP contribution in [-0.2, 0) is 0 Å². The zero-order valence-corrected chi connectivity index (χ0v) is 15.7. The van der Waals surface area contributed by atoms with Crippen molar-refractivity contribution >= 4 is 17.1 Å². The van der Waals surface area contributed by atoms with Crippen molar-refractivity contribution in [1.29, 1.82) is 5.26 Å². The molecule has 0 bridgehead atoms. The number of hydrogen-bond donors (Lipinski definition) is 1. The van der Waals surface area contributed by atoms with Gasteiger partial charge in [-0.05, 0) is 35.1 Å². The number of rotatable bonds is 4. The molecule has 27 heavy (non-hydrogen) atoms. The van der Waals surface area contributed by atoms with Crippen LogP contribution in [0.15, 0.2) is 36.4 Å². The molecule has 0 heterocycles. The van der Waals surface area contributed by atoms with Crippen LogP contribution in [0.25, 0.3) is 0 Å². The topological polar surface area (TPSA) is 136 Å². The van der Waals surface area contributed by atoms with Crippen molar-refractivity contribution < 1.29 is 9.85 Å². The van der Waals surface area contributed by atoms with Gasteiger partial charge >= 0.3 is 0 Å². The quantitative estimate of drug-likeness (QED) is 0.462. The standard InChI is InChI=1S/C10H10N2O2.C9H12N2O2/c1-7(2)10-5-9(12(13)14)4-3-8(10)6-11;1-6(2)8-5-7(11(12)13)3-4-9(8)10/h3-5,7H,1-2H3;3-6H,10H2,1-2H3. The van der Waals surface area contributed by atoms with Crippen molar-refractivity contribution in [2.45, 2.75) is 39.5 Å². The third-order valence-corrected chi connectivity index (χ3v) is 3.89. The van der Waals surface area contributed by atoms with Gasteiger partial charge in [-0.2, -0.15) is 5.26 Å². The lowest BCUT2D eigenvalue weighted by molar-refractivity contribution is -0.385. The fourth-order valence-electron chi connectivity index (χ4n) is 2.42. The van der Waals surface area contributed by atoms with Crippen LogP contribution in [0.4, 0.5) is 17.1 Å². The van der Waals surface area contributed by atoms with Gasteiger partial charge in [0.05, 0.1) is 21.5 Å². The number of nitrogen functional groups attached to an aromatic ring is 1. The summed E-state index contributed by atoms with van der Waals surface area (Å²) >= 11 is 0. The van der Waals surface area contributed by atoms with E-state index in [0.29, 0.717) is 11.3 Å². The Hall–Kier alpha value is -3.47. The molecule has 0 aliphatic heterocycles. The molecular formula is C19H22N4O4. The van der Waals surface area contributed by atoms with Crippen LogP contribution in [0.5, 0.6) is 0 Å². The lowest BCUT2D eigenvalue weighted by Gasteiger charge is -2.07. The number of nitrogens with zero attached hydrogens (tertiary/aromatic N) is 3. The Balaban J connectivity index is 0.000000271. The minimum atomic E-state index is -0.451. The highest BCUT2D eigenvalue weighted by Crippen LogP contribution is 2.26. The van der Waals surface area contributed by atoms with E-state index < -0.39 is 9.85 Å². The fourth-order valence-corrected chi connectivity index (χ4v) is 2.42. The van der Waals surface area contributed by atoms with Crippen LogP contribution in [-0.4, -0.2) is 9.85 Å². The molecule has 8 nitrogen and oxygen atoms in total. The summed E-state index contributed by atoms with van der Waals surface area (Å²) in [6.07, 6.45) is 0. The fraction of sp³-hybridized carbons (Fsp3) is 0.316. The van der Waals surface area contributed by atoms with E-state index in [4.69, 9.17) is 11.0 Å². The van der Waals surface area contributed by atoms with Crippen molar-refractivity contribution in [3.63, 3.8) is 0 Å². The average molecular weight is 370 g/mol. The Morgan fingerprint density at radius 1 is 0.889 bits per heavy atom. The first-order chi connectivity index (χ1) is 12.6.